The number of unbranched alkanes of at least 4 members (excludes halogenated alkanes) is 2. The Morgan fingerprint density at radius 3 is 2.38 bits per heavy atom. The zero-order chi connectivity index (χ0) is 12.0. The molecule has 1 heterocycles. The number of anilines is 1. The second-order valence-electron chi connectivity index (χ2n) is 4.20. The number of halogens is 1. The largest absolute Gasteiger partial charge is 0.338 e. The Labute approximate surface area is 106 Å². The lowest BCUT2D eigenvalue weighted by Crippen LogP contribution is -2.33. The normalized spacial score (nSPS) is 10.8. The highest BCUT2D eigenvalue weighted by molar-refractivity contribution is 9.10. The van der Waals surface area contributed by atoms with Gasteiger partial charge in [-0.1, -0.05) is 19.8 Å². The Hall–Kier alpha value is -0.640. The van der Waals surface area contributed by atoms with E-state index in [0.29, 0.717) is 6.04 Å². The fourth-order valence-electron chi connectivity index (χ4n) is 1.58. The van der Waals surface area contributed by atoms with Crippen molar-refractivity contribution in [3.05, 3.63) is 16.9 Å². The van der Waals surface area contributed by atoms with Crippen LogP contribution in [0.25, 0.3) is 0 Å². The van der Waals surface area contributed by atoms with Crippen LogP contribution in [0.1, 0.15) is 40.0 Å². The molecule has 1 rings (SSSR count). The van der Waals surface area contributed by atoms with Gasteiger partial charge in [-0.15, -0.1) is 0 Å². The van der Waals surface area contributed by atoms with Crippen LogP contribution in [-0.4, -0.2) is 22.6 Å². The van der Waals surface area contributed by atoms with Crippen molar-refractivity contribution < 1.29 is 0 Å². The molecule has 0 unspecified atom stereocenters. The summed E-state index contributed by atoms with van der Waals surface area (Å²) >= 11 is 3.35. The third kappa shape index (κ3) is 4.08. The molecular weight excluding hydrogens is 266 g/mol. The first-order chi connectivity index (χ1) is 7.65. The summed E-state index contributed by atoms with van der Waals surface area (Å²) in [7, 11) is 0. The molecular formula is C12H20BrN3. The van der Waals surface area contributed by atoms with Gasteiger partial charge < -0.3 is 4.90 Å². The van der Waals surface area contributed by atoms with Crippen LogP contribution in [0.3, 0.4) is 0 Å². The minimum atomic E-state index is 0.443. The molecule has 0 bridgehead atoms. The van der Waals surface area contributed by atoms with Crippen molar-refractivity contribution in [3.8, 4) is 0 Å². The first-order valence-corrected chi connectivity index (χ1v) is 6.68. The Kier molecular flexibility index (Phi) is 5.74. The Bertz CT molecular complexity index is 298. The van der Waals surface area contributed by atoms with Crippen LogP contribution < -0.4 is 4.90 Å². The van der Waals surface area contributed by atoms with E-state index in [1.54, 1.807) is 12.4 Å². The van der Waals surface area contributed by atoms with Crippen LogP contribution in [0, 0.1) is 0 Å². The molecule has 0 aliphatic heterocycles. The zero-order valence-corrected chi connectivity index (χ0v) is 11.9. The molecule has 90 valence electrons. The highest BCUT2D eigenvalue weighted by Gasteiger charge is 2.12. The molecule has 0 saturated carbocycles. The van der Waals surface area contributed by atoms with Gasteiger partial charge in [0.1, 0.15) is 0 Å². The number of aromatic nitrogens is 2. The molecule has 0 radical (unpaired) electrons. The summed E-state index contributed by atoms with van der Waals surface area (Å²) in [5, 5.41) is 0. The Morgan fingerprint density at radius 1 is 1.25 bits per heavy atom. The second kappa shape index (κ2) is 6.84. The summed E-state index contributed by atoms with van der Waals surface area (Å²) < 4.78 is 0.925. The molecule has 0 N–H and O–H groups in total. The van der Waals surface area contributed by atoms with Crippen molar-refractivity contribution in [3.63, 3.8) is 0 Å². The monoisotopic (exact) mass is 285 g/mol. The van der Waals surface area contributed by atoms with E-state index in [9.17, 15) is 0 Å². The lowest BCUT2D eigenvalue weighted by Gasteiger charge is -2.26. The number of hydrogen-bond donors (Lipinski definition) is 0. The molecule has 1 aromatic heterocycles. The molecule has 0 aromatic carbocycles. The highest BCUT2D eigenvalue weighted by Crippen LogP contribution is 2.14. The van der Waals surface area contributed by atoms with Crippen LogP contribution in [-0.2, 0) is 0 Å². The minimum absolute atomic E-state index is 0.443. The van der Waals surface area contributed by atoms with E-state index >= 15 is 0 Å². The van der Waals surface area contributed by atoms with Gasteiger partial charge in [0.25, 0.3) is 0 Å². The fourth-order valence-corrected chi connectivity index (χ4v) is 1.78. The summed E-state index contributed by atoms with van der Waals surface area (Å²) in [5.74, 6) is 0.828. The fraction of sp³-hybridized carbons (Fsp3) is 0.667. The van der Waals surface area contributed by atoms with Crippen LogP contribution in [0.2, 0.25) is 0 Å². The molecule has 0 saturated heterocycles. The van der Waals surface area contributed by atoms with Gasteiger partial charge in [-0.25, -0.2) is 9.97 Å². The molecule has 0 fully saturated rings. The van der Waals surface area contributed by atoms with Gasteiger partial charge in [-0.2, -0.15) is 0 Å². The van der Waals surface area contributed by atoms with E-state index in [-0.39, 0.29) is 0 Å². The van der Waals surface area contributed by atoms with Crippen LogP contribution in [0.5, 0.6) is 0 Å². The van der Waals surface area contributed by atoms with E-state index in [4.69, 9.17) is 0 Å². The summed E-state index contributed by atoms with van der Waals surface area (Å²) in [6.07, 6.45) is 7.32. The van der Waals surface area contributed by atoms with Crippen molar-refractivity contribution in [1.82, 2.24) is 9.97 Å². The van der Waals surface area contributed by atoms with Crippen molar-refractivity contribution in [2.24, 2.45) is 0 Å². The molecule has 16 heavy (non-hydrogen) atoms. The molecule has 0 spiro atoms. The van der Waals surface area contributed by atoms with E-state index in [0.717, 1.165) is 17.0 Å². The molecule has 0 aliphatic carbocycles. The first-order valence-electron chi connectivity index (χ1n) is 5.89. The van der Waals surface area contributed by atoms with Gasteiger partial charge >= 0.3 is 0 Å². The summed E-state index contributed by atoms with van der Waals surface area (Å²) in [4.78, 5) is 10.9. The Morgan fingerprint density at radius 2 is 1.88 bits per heavy atom. The zero-order valence-electron chi connectivity index (χ0n) is 10.3. The van der Waals surface area contributed by atoms with Gasteiger partial charge in [-0.05, 0) is 36.2 Å². The molecule has 3 nitrogen and oxygen atoms in total. The predicted molar refractivity (Wildman–Crippen MR) is 71.7 cm³/mol. The van der Waals surface area contributed by atoms with Gasteiger partial charge in [0.15, 0.2) is 0 Å². The summed E-state index contributed by atoms with van der Waals surface area (Å²) in [6, 6.07) is 0.443. The van der Waals surface area contributed by atoms with Gasteiger partial charge in [0.2, 0.25) is 5.95 Å². The van der Waals surface area contributed by atoms with Crippen LogP contribution >= 0.6 is 15.9 Å². The number of hydrogen-bond acceptors (Lipinski definition) is 3. The lowest BCUT2D eigenvalue weighted by atomic mass is 10.2. The van der Waals surface area contributed by atoms with Crippen LogP contribution in [0.4, 0.5) is 5.95 Å². The van der Waals surface area contributed by atoms with E-state index < -0.39 is 0 Å². The van der Waals surface area contributed by atoms with Crippen molar-refractivity contribution in [2.45, 2.75) is 46.1 Å². The lowest BCUT2D eigenvalue weighted by molar-refractivity contribution is 0.612. The third-order valence-electron chi connectivity index (χ3n) is 2.49. The third-order valence-corrected chi connectivity index (χ3v) is 2.90. The molecule has 0 atom stereocenters. The maximum absolute atomic E-state index is 4.35. The molecule has 1 aromatic rings. The smallest absolute Gasteiger partial charge is 0.225 e. The van der Waals surface area contributed by atoms with Gasteiger partial charge in [-0.3, -0.25) is 0 Å². The number of rotatable bonds is 6. The quantitative estimate of drug-likeness (QED) is 0.747. The molecule has 4 heteroatoms. The van der Waals surface area contributed by atoms with Gasteiger partial charge in [0.05, 0.1) is 4.47 Å². The topological polar surface area (TPSA) is 29.0 Å². The second-order valence-corrected chi connectivity index (χ2v) is 5.11. The van der Waals surface area contributed by atoms with E-state index in [2.05, 4.69) is 51.6 Å². The van der Waals surface area contributed by atoms with Gasteiger partial charge in [0, 0.05) is 25.0 Å². The van der Waals surface area contributed by atoms with Crippen molar-refractivity contribution in [2.75, 3.05) is 11.4 Å². The number of nitrogens with zero attached hydrogens (tertiary/aromatic N) is 3. The van der Waals surface area contributed by atoms with Crippen LogP contribution in [0.15, 0.2) is 16.9 Å². The highest BCUT2D eigenvalue weighted by atomic mass is 79.9. The average Bonchev–Trinajstić information content (AvgIpc) is 2.26. The van der Waals surface area contributed by atoms with Crippen molar-refractivity contribution >= 4 is 21.9 Å². The maximum atomic E-state index is 4.35. The van der Waals surface area contributed by atoms with E-state index in [1.165, 1.54) is 19.3 Å². The van der Waals surface area contributed by atoms with E-state index in [1.807, 2.05) is 0 Å². The Balaban J connectivity index is 2.65. The standard InChI is InChI=1S/C12H20BrN3/c1-4-5-6-7-16(10(2)3)12-14-8-11(13)9-15-12/h8-10H,4-7H2,1-3H3. The first kappa shape index (κ1) is 13.4. The SMILES string of the molecule is CCCCCN(c1ncc(Br)cn1)C(C)C. The van der Waals surface area contributed by atoms with Crippen molar-refractivity contribution in [1.29, 1.82) is 0 Å². The summed E-state index contributed by atoms with van der Waals surface area (Å²) in [5.41, 5.74) is 0. The maximum Gasteiger partial charge on any atom is 0.225 e. The molecule has 0 amide bonds. The summed E-state index contributed by atoms with van der Waals surface area (Å²) in [6.45, 7) is 7.61. The predicted octanol–water partition coefficient (Wildman–Crippen LogP) is 3.64. The molecule has 0 aliphatic rings. The average molecular weight is 286 g/mol. The minimum Gasteiger partial charge on any atom is -0.338 e.